The number of aliphatic hydroxyl groups excluding tert-OH is 2. The number of nitrogen functional groups attached to an aromatic ring is 1. The average Bonchev–Trinajstić information content (AvgIpc) is 2.69. The van der Waals surface area contributed by atoms with Crippen LogP contribution >= 0.6 is 0 Å². The van der Waals surface area contributed by atoms with Crippen LogP contribution in [-0.2, 0) is 4.74 Å². The normalized spacial score (nSPS) is 32.9. The highest BCUT2D eigenvalue weighted by Gasteiger charge is 2.55. The quantitative estimate of drug-likeness (QED) is 0.688. The molecule has 0 bridgehead atoms. The number of aromatic nitrogens is 2. The van der Waals surface area contributed by atoms with E-state index in [0.717, 1.165) is 0 Å². The molecule has 10 heteroatoms. The number of anilines is 1. The molecule has 0 radical (unpaired) electrons. The number of ether oxygens (including phenoxy) is 1. The van der Waals surface area contributed by atoms with Crippen molar-refractivity contribution in [2.45, 2.75) is 24.1 Å². The van der Waals surface area contributed by atoms with Gasteiger partial charge < -0.3 is 20.7 Å². The summed E-state index contributed by atoms with van der Waals surface area (Å²) >= 11 is 0. The fraction of sp³-hybridized carbons (Fsp3) is 0.455. The molecule has 0 aromatic carbocycles. The summed E-state index contributed by atoms with van der Waals surface area (Å²) in [6.07, 6.45) is -4.86. The van der Waals surface area contributed by atoms with Crippen molar-refractivity contribution in [1.82, 2.24) is 9.55 Å². The zero-order valence-electron chi connectivity index (χ0n) is 10.5. The second kappa shape index (κ2) is 5.47. The maximum absolute atomic E-state index is 14.1. The topological polar surface area (TPSA) is 111 Å². The molecule has 0 amide bonds. The van der Waals surface area contributed by atoms with Crippen molar-refractivity contribution in [3.8, 4) is 0 Å². The standard InChI is InChI=1S/C11H12F3N3O4/c12-2-1-11(4-18)7(19)6(14)9(21-11)17-3-5(13)8(15)16-10(17)20/h1-3,6-7,9,18-19H,4H2,(H2,15,16,20)/b2-1+/t6-,7-,9+,11+/m0/s1. The molecule has 21 heavy (non-hydrogen) atoms. The van der Waals surface area contributed by atoms with Gasteiger partial charge in [0.2, 0.25) is 0 Å². The van der Waals surface area contributed by atoms with Crippen LogP contribution < -0.4 is 11.4 Å². The maximum Gasteiger partial charge on any atom is 0.351 e. The zero-order valence-corrected chi connectivity index (χ0v) is 10.5. The van der Waals surface area contributed by atoms with Crippen LogP contribution in [0.1, 0.15) is 6.23 Å². The molecule has 1 aliphatic heterocycles. The smallest absolute Gasteiger partial charge is 0.351 e. The summed E-state index contributed by atoms with van der Waals surface area (Å²) in [7, 11) is 0. The Labute approximate surface area is 116 Å². The van der Waals surface area contributed by atoms with Crippen molar-refractivity contribution in [3.05, 3.63) is 34.9 Å². The number of hydrogen-bond acceptors (Lipinski definition) is 6. The second-order valence-corrected chi connectivity index (χ2v) is 4.47. The molecule has 1 aromatic heterocycles. The average molecular weight is 307 g/mol. The van der Waals surface area contributed by atoms with E-state index in [-0.39, 0.29) is 6.33 Å². The van der Waals surface area contributed by atoms with Crippen molar-refractivity contribution in [3.63, 3.8) is 0 Å². The number of halogens is 3. The van der Waals surface area contributed by atoms with Crippen molar-refractivity contribution >= 4 is 5.82 Å². The van der Waals surface area contributed by atoms with E-state index in [9.17, 15) is 28.2 Å². The maximum atomic E-state index is 14.1. The molecule has 1 aromatic rings. The Bertz CT molecular complexity index is 623. The van der Waals surface area contributed by atoms with Gasteiger partial charge in [-0.25, -0.2) is 18.0 Å². The van der Waals surface area contributed by atoms with Crippen molar-refractivity contribution in [2.75, 3.05) is 12.3 Å². The molecule has 116 valence electrons. The Morgan fingerprint density at radius 3 is 2.86 bits per heavy atom. The third-order valence-electron chi connectivity index (χ3n) is 3.22. The molecular formula is C11H12F3N3O4. The molecule has 0 aliphatic carbocycles. The van der Waals surface area contributed by atoms with Gasteiger partial charge in [0.1, 0.15) is 11.7 Å². The molecule has 2 rings (SSSR count). The number of rotatable bonds is 3. The molecule has 2 heterocycles. The van der Waals surface area contributed by atoms with Crippen LogP contribution in [0.25, 0.3) is 0 Å². The summed E-state index contributed by atoms with van der Waals surface area (Å²) in [5.74, 6) is -1.77. The number of hydrogen-bond donors (Lipinski definition) is 3. The molecule has 4 atom stereocenters. The summed E-state index contributed by atoms with van der Waals surface area (Å²) in [5, 5.41) is 19.0. The lowest BCUT2D eigenvalue weighted by Crippen LogP contribution is -2.43. The lowest BCUT2D eigenvalue weighted by atomic mass is 9.97. The van der Waals surface area contributed by atoms with Crippen LogP contribution in [0.4, 0.5) is 19.0 Å². The molecule has 4 N–H and O–H groups in total. The molecule has 1 aliphatic rings. The van der Waals surface area contributed by atoms with E-state index in [1.807, 2.05) is 0 Å². The summed E-state index contributed by atoms with van der Waals surface area (Å²) in [4.78, 5) is 14.7. The highest BCUT2D eigenvalue weighted by atomic mass is 19.1. The van der Waals surface area contributed by atoms with Crippen LogP contribution in [0.15, 0.2) is 23.4 Å². The van der Waals surface area contributed by atoms with E-state index in [0.29, 0.717) is 16.8 Å². The predicted octanol–water partition coefficient (Wildman–Crippen LogP) is -0.593. The Morgan fingerprint density at radius 2 is 2.29 bits per heavy atom. The first-order valence-corrected chi connectivity index (χ1v) is 5.79. The minimum Gasteiger partial charge on any atom is -0.393 e. The van der Waals surface area contributed by atoms with Crippen LogP contribution in [0.2, 0.25) is 0 Å². The van der Waals surface area contributed by atoms with Gasteiger partial charge in [0.25, 0.3) is 0 Å². The highest BCUT2D eigenvalue weighted by Crippen LogP contribution is 2.39. The van der Waals surface area contributed by atoms with Gasteiger partial charge in [-0.15, -0.1) is 0 Å². The lowest BCUT2D eigenvalue weighted by Gasteiger charge is -2.25. The van der Waals surface area contributed by atoms with Crippen LogP contribution in [0, 0.1) is 5.82 Å². The van der Waals surface area contributed by atoms with Crippen molar-refractivity contribution in [1.29, 1.82) is 0 Å². The van der Waals surface area contributed by atoms with E-state index in [4.69, 9.17) is 10.5 Å². The predicted molar refractivity (Wildman–Crippen MR) is 64.0 cm³/mol. The van der Waals surface area contributed by atoms with Gasteiger partial charge in [-0.2, -0.15) is 4.98 Å². The van der Waals surface area contributed by atoms with Gasteiger partial charge in [0.15, 0.2) is 24.0 Å². The fourth-order valence-electron chi connectivity index (χ4n) is 2.06. The van der Waals surface area contributed by atoms with Gasteiger partial charge in [-0.05, 0) is 6.08 Å². The largest absolute Gasteiger partial charge is 0.393 e. The fourth-order valence-corrected chi connectivity index (χ4v) is 2.06. The molecular weight excluding hydrogens is 295 g/mol. The van der Waals surface area contributed by atoms with Gasteiger partial charge in [-0.1, -0.05) is 0 Å². The molecule has 1 saturated heterocycles. The van der Waals surface area contributed by atoms with Gasteiger partial charge in [0, 0.05) is 0 Å². The number of aliphatic hydroxyl groups is 2. The molecule has 0 unspecified atom stereocenters. The number of nitrogens with zero attached hydrogens (tertiary/aromatic N) is 2. The van der Waals surface area contributed by atoms with Gasteiger partial charge in [0.05, 0.1) is 19.1 Å². The molecule has 7 nitrogen and oxygen atoms in total. The Hall–Kier alpha value is -1.91. The van der Waals surface area contributed by atoms with Gasteiger partial charge in [-0.3, -0.25) is 4.57 Å². The van der Waals surface area contributed by atoms with Crippen LogP contribution in [-0.4, -0.2) is 44.2 Å². The minimum atomic E-state index is -2.23. The molecule has 1 fully saturated rings. The number of nitrogens with two attached hydrogens (primary N) is 1. The van der Waals surface area contributed by atoms with Gasteiger partial charge >= 0.3 is 5.69 Å². The second-order valence-electron chi connectivity index (χ2n) is 4.47. The van der Waals surface area contributed by atoms with E-state index in [1.54, 1.807) is 0 Å². The first kappa shape index (κ1) is 15.5. The minimum absolute atomic E-state index is 0.0425. The lowest BCUT2D eigenvalue weighted by molar-refractivity contribution is -0.0990. The first-order chi connectivity index (χ1) is 9.86. The molecule has 0 saturated carbocycles. The van der Waals surface area contributed by atoms with E-state index < -0.39 is 48.0 Å². The van der Waals surface area contributed by atoms with E-state index in [2.05, 4.69) is 4.98 Å². The molecule has 0 spiro atoms. The van der Waals surface area contributed by atoms with Crippen LogP contribution in [0.5, 0.6) is 0 Å². The van der Waals surface area contributed by atoms with E-state index >= 15 is 0 Å². The Kier molecular flexibility index (Phi) is 4.03. The first-order valence-electron chi connectivity index (χ1n) is 5.79. The third kappa shape index (κ3) is 2.41. The summed E-state index contributed by atoms with van der Waals surface area (Å²) < 4.78 is 45.3. The highest BCUT2D eigenvalue weighted by molar-refractivity contribution is 5.26. The van der Waals surface area contributed by atoms with Crippen LogP contribution in [0.3, 0.4) is 0 Å². The summed E-state index contributed by atoms with van der Waals surface area (Å²) in [6, 6.07) is 0. The van der Waals surface area contributed by atoms with Crippen molar-refractivity contribution in [2.24, 2.45) is 0 Å². The summed E-state index contributed by atoms with van der Waals surface area (Å²) in [6.45, 7) is -0.953. The monoisotopic (exact) mass is 307 g/mol. The van der Waals surface area contributed by atoms with Crippen molar-refractivity contribution < 1.29 is 28.1 Å². The Balaban J connectivity index is 2.47. The SMILES string of the molecule is Nc1nc(=O)n([C@@H]2O[C@](/C=C/F)(CO)[C@@H](O)[C@@H]2F)cc1F. The summed E-state index contributed by atoms with van der Waals surface area (Å²) in [5.41, 5.74) is 1.89. The third-order valence-corrected chi connectivity index (χ3v) is 3.22. The van der Waals surface area contributed by atoms with E-state index in [1.165, 1.54) is 0 Å². The Morgan fingerprint density at radius 1 is 1.62 bits per heavy atom. The number of alkyl halides is 1. The zero-order chi connectivity index (χ0) is 15.8.